The molecule has 0 aliphatic carbocycles. The minimum absolute atomic E-state index is 0.0127. The first kappa shape index (κ1) is 11.9. The number of carbonyl (C=O) groups excluding carboxylic acids is 1. The maximum absolute atomic E-state index is 10.4. The fraction of sp³-hybridized carbons (Fsp3) is 0.875. The zero-order valence-corrected chi connectivity index (χ0v) is 7.99. The summed E-state index contributed by atoms with van der Waals surface area (Å²) in [6, 6.07) is 0. The molecule has 13 heavy (non-hydrogen) atoms. The fourth-order valence-electron chi connectivity index (χ4n) is 0.874. The lowest BCUT2D eigenvalue weighted by molar-refractivity contribution is -0.481. The van der Waals surface area contributed by atoms with Gasteiger partial charge in [-0.05, 0) is 12.3 Å². The van der Waals surface area contributed by atoms with E-state index in [2.05, 4.69) is 0 Å². The molecule has 0 saturated carbocycles. The van der Waals surface area contributed by atoms with Gasteiger partial charge in [-0.25, -0.2) is 0 Å². The van der Waals surface area contributed by atoms with Gasteiger partial charge in [0.1, 0.15) is 0 Å². The maximum atomic E-state index is 10.4. The number of hydrogen-bond donors (Lipinski definition) is 0. The Labute approximate surface area is 77.2 Å². The first-order valence-corrected chi connectivity index (χ1v) is 4.27. The predicted octanol–water partition coefficient (Wildman–Crippen LogP) is 1.24. The van der Waals surface area contributed by atoms with Crippen molar-refractivity contribution in [2.45, 2.75) is 26.7 Å². The van der Waals surface area contributed by atoms with Gasteiger partial charge in [0.2, 0.25) is 6.54 Å². The number of rotatable bonds is 6. The summed E-state index contributed by atoms with van der Waals surface area (Å²) in [5, 5.41) is 10.0. The minimum Gasteiger partial charge on any atom is -0.466 e. The number of carbonyl (C=O) groups is 1. The Kier molecular flexibility index (Phi) is 5.84. The molecular formula is C8H15NO4. The molecule has 0 fully saturated rings. The van der Waals surface area contributed by atoms with Crippen molar-refractivity contribution in [1.82, 2.24) is 0 Å². The van der Waals surface area contributed by atoms with E-state index in [0.717, 1.165) is 0 Å². The molecule has 0 heterocycles. The molecule has 0 aromatic carbocycles. The van der Waals surface area contributed by atoms with E-state index in [1.165, 1.54) is 6.92 Å². The van der Waals surface area contributed by atoms with Crippen LogP contribution in [0.15, 0.2) is 0 Å². The van der Waals surface area contributed by atoms with Crippen molar-refractivity contribution in [2.24, 2.45) is 5.92 Å². The summed E-state index contributed by atoms with van der Waals surface area (Å²) in [6.45, 7) is 3.60. The van der Waals surface area contributed by atoms with Crippen molar-refractivity contribution in [3.8, 4) is 0 Å². The quantitative estimate of drug-likeness (QED) is 0.358. The lowest BCUT2D eigenvalue weighted by Gasteiger charge is -2.07. The van der Waals surface area contributed by atoms with Gasteiger partial charge in [-0.3, -0.25) is 14.9 Å². The SMILES string of the molecule is CC(=O)OCCC(C)CC[N+](=O)[O-]. The number of esters is 1. The third kappa shape index (κ3) is 8.78. The number of ether oxygens (including phenoxy) is 1. The zero-order valence-electron chi connectivity index (χ0n) is 7.99. The van der Waals surface area contributed by atoms with Gasteiger partial charge in [0.25, 0.3) is 0 Å². The average Bonchev–Trinajstić information content (AvgIpc) is 2.00. The van der Waals surface area contributed by atoms with Crippen molar-refractivity contribution in [1.29, 1.82) is 0 Å². The smallest absolute Gasteiger partial charge is 0.302 e. The van der Waals surface area contributed by atoms with Crippen LogP contribution in [-0.4, -0.2) is 24.0 Å². The molecule has 0 spiro atoms. The van der Waals surface area contributed by atoms with Crippen LogP contribution < -0.4 is 0 Å². The highest BCUT2D eigenvalue weighted by Gasteiger charge is 2.06. The Balaban J connectivity index is 3.35. The monoisotopic (exact) mass is 189 g/mol. The molecule has 0 aromatic heterocycles. The molecule has 5 nitrogen and oxygen atoms in total. The normalized spacial score (nSPS) is 12.2. The third-order valence-electron chi connectivity index (χ3n) is 1.72. The summed E-state index contributed by atoms with van der Waals surface area (Å²) < 4.78 is 4.71. The summed E-state index contributed by atoms with van der Waals surface area (Å²) in [7, 11) is 0. The predicted molar refractivity (Wildman–Crippen MR) is 46.9 cm³/mol. The van der Waals surface area contributed by atoms with Crippen molar-refractivity contribution in [3.05, 3.63) is 10.1 Å². The number of nitrogens with zero attached hydrogens (tertiary/aromatic N) is 1. The summed E-state index contributed by atoms with van der Waals surface area (Å²) in [6.07, 6.45) is 1.22. The van der Waals surface area contributed by atoms with E-state index in [1.54, 1.807) is 0 Å². The number of hydrogen-bond acceptors (Lipinski definition) is 4. The fourth-order valence-corrected chi connectivity index (χ4v) is 0.874. The summed E-state index contributed by atoms with van der Waals surface area (Å²) in [4.78, 5) is 20.0. The highest BCUT2D eigenvalue weighted by atomic mass is 16.6. The molecule has 5 heteroatoms. The van der Waals surface area contributed by atoms with E-state index in [1.807, 2.05) is 6.92 Å². The molecule has 0 amide bonds. The summed E-state index contributed by atoms with van der Waals surface area (Å²) in [5.41, 5.74) is 0. The molecule has 1 atom stereocenters. The van der Waals surface area contributed by atoms with E-state index in [4.69, 9.17) is 4.74 Å². The Hall–Kier alpha value is -1.13. The highest BCUT2D eigenvalue weighted by Crippen LogP contribution is 2.07. The summed E-state index contributed by atoms with van der Waals surface area (Å²) in [5.74, 6) is -0.0776. The van der Waals surface area contributed by atoms with Crippen LogP contribution in [0.3, 0.4) is 0 Å². The summed E-state index contributed by atoms with van der Waals surface area (Å²) >= 11 is 0. The minimum atomic E-state index is -0.331. The molecule has 76 valence electrons. The number of nitro groups is 1. The molecular weight excluding hydrogens is 174 g/mol. The highest BCUT2D eigenvalue weighted by molar-refractivity contribution is 5.65. The topological polar surface area (TPSA) is 69.4 Å². The average molecular weight is 189 g/mol. The molecule has 0 aliphatic heterocycles. The van der Waals surface area contributed by atoms with E-state index in [0.29, 0.717) is 19.4 Å². The van der Waals surface area contributed by atoms with Crippen LogP contribution in [0.25, 0.3) is 0 Å². The van der Waals surface area contributed by atoms with E-state index in [-0.39, 0.29) is 23.4 Å². The van der Waals surface area contributed by atoms with Crippen LogP contribution in [-0.2, 0) is 9.53 Å². The van der Waals surface area contributed by atoms with Gasteiger partial charge in [-0.1, -0.05) is 6.92 Å². The molecule has 0 radical (unpaired) electrons. The Morgan fingerprint density at radius 1 is 1.54 bits per heavy atom. The van der Waals surface area contributed by atoms with E-state index in [9.17, 15) is 14.9 Å². The van der Waals surface area contributed by atoms with Gasteiger partial charge < -0.3 is 4.74 Å². The lowest BCUT2D eigenvalue weighted by atomic mass is 10.1. The van der Waals surface area contributed by atoms with Crippen LogP contribution in [0.5, 0.6) is 0 Å². The molecule has 0 saturated heterocycles. The van der Waals surface area contributed by atoms with Gasteiger partial charge in [-0.2, -0.15) is 0 Å². The first-order chi connectivity index (χ1) is 6.02. The third-order valence-corrected chi connectivity index (χ3v) is 1.72. The van der Waals surface area contributed by atoms with Crippen molar-refractivity contribution in [2.75, 3.05) is 13.2 Å². The van der Waals surface area contributed by atoms with Crippen LogP contribution in [0.4, 0.5) is 0 Å². The van der Waals surface area contributed by atoms with Gasteiger partial charge in [-0.15, -0.1) is 0 Å². The van der Waals surface area contributed by atoms with E-state index < -0.39 is 0 Å². The molecule has 0 bridgehead atoms. The Morgan fingerprint density at radius 3 is 2.62 bits per heavy atom. The standard InChI is InChI=1S/C8H15NO4/c1-7(3-5-9(11)12)4-6-13-8(2)10/h7H,3-6H2,1-2H3. The Morgan fingerprint density at radius 2 is 2.15 bits per heavy atom. The van der Waals surface area contributed by atoms with Crippen molar-refractivity contribution < 1.29 is 14.5 Å². The first-order valence-electron chi connectivity index (χ1n) is 4.27. The van der Waals surface area contributed by atoms with Crippen molar-refractivity contribution in [3.63, 3.8) is 0 Å². The molecule has 0 aliphatic rings. The van der Waals surface area contributed by atoms with Gasteiger partial charge in [0.15, 0.2) is 0 Å². The van der Waals surface area contributed by atoms with Gasteiger partial charge >= 0.3 is 5.97 Å². The zero-order chi connectivity index (χ0) is 10.3. The maximum Gasteiger partial charge on any atom is 0.302 e. The van der Waals surface area contributed by atoms with Crippen molar-refractivity contribution >= 4 is 5.97 Å². The Bertz CT molecular complexity index is 181. The molecule has 0 N–H and O–H groups in total. The van der Waals surface area contributed by atoms with Gasteiger partial charge in [0.05, 0.1) is 6.61 Å². The molecule has 1 unspecified atom stereocenters. The second-order valence-electron chi connectivity index (χ2n) is 3.08. The van der Waals surface area contributed by atoms with E-state index >= 15 is 0 Å². The lowest BCUT2D eigenvalue weighted by Crippen LogP contribution is -2.10. The van der Waals surface area contributed by atoms with Gasteiger partial charge in [0, 0.05) is 18.3 Å². The van der Waals surface area contributed by atoms with Crippen LogP contribution in [0.2, 0.25) is 0 Å². The second-order valence-corrected chi connectivity index (χ2v) is 3.08. The van der Waals surface area contributed by atoms with Crippen LogP contribution >= 0.6 is 0 Å². The largest absolute Gasteiger partial charge is 0.466 e. The molecule has 0 aromatic rings. The van der Waals surface area contributed by atoms with Crippen LogP contribution in [0.1, 0.15) is 26.7 Å². The second kappa shape index (κ2) is 6.39. The van der Waals surface area contributed by atoms with Crippen LogP contribution in [0, 0.1) is 16.0 Å². The molecule has 0 rings (SSSR count).